The lowest BCUT2D eigenvalue weighted by Gasteiger charge is -2.33. The quantitative estimate of drug-likeness (QED) is 0.879. The fourth-order valence-electron chi connectivity index (χ4n) is 4.17. The Kier molecular flexibility index (Phi) is 4.77. The minimum Gasteiger partial charge on any atom is -0.368 e. The number of rotatable bonds is 2. The van der Waals surface area contributed by atoms with Gasteiger partial charge < -0.3 is 20.9 Å². The first kappa shape index (κ1) is 16.6. The third kappa shape index (κ3) is 3.31. The van der Waals surface area contributed by atoms with Crippen LogP contribution >= 0.6 is 0 Å². The molecule has 0 radical (unpaired) electrons. The molecule has 25 heavy (non-hydrogen) atoms. The molecule has 0 aliphatic carbocycles. The SMILES string of the molecule is Cc1nc(N2CCC(N)CC2)c2ccccc2c1N1CCCNCC1. The molecule has 0 amide bonds. The predicted octanol–water partition coefficient (Wildman–Crippen LogP) is 2.27. The highest BCUT2D eigenvalue weighted by atomic mass is 15.2. The van der Waals surface area contributed by atoms with Crippen LogP contribution in [0.3, 0.4) is 0 Å². The lowest BCUT2D eigenvalue weighted by atomic mass is 10.0. The Morgan fingerprint density at radius 1 is 1.00 bits per heavy atom. The smallest absolute Gasteiger partial charge is 0.136 e. The van der Waals surface area contributed by atoms with E-state index in [9.17, 15) is 0 Å². The number of aryl methyl sites for hydroxylation is 1. The number of hydrogen-bond acceptors (Lipinski definition) is 5. The van der Waals surface area contributed by atoms with Gasteiger partial charge in [-0.05, 0) is 32.7 Å². The maximum absolute atomic E-state index is 6.09. The fraction of sp³-hybridized carbons (Fsp3) is 0.550. The third-order valence-corrected chi connectivity index (χ3v) is 5.53. The summed E-state index contributed by atoms with van der Waals surface area (Å²) in [4.78, 5) is 10.0. The highest BCUT2D eigenvalue weighted by Crippen LogP contribution is 2.36. The number of piperidine rings is 1. The van der Waals surface area contributed by atoms with Gasteiger partial charge in [-0.1, -0.05) is 24.3 Å². The van der Waals surface area contributed by atoms with E-state index in [1.54, 1.807) is 0 Å². The highest BCUT2D eigenvalue weighted by molar-refractivity contribution is 6.01. The van der Waals surface area contributed by atoms with E-state index in [4.69, 9.17) is 10.7 Å². The fourth-order valence-corrected chi connectivity index (χ4v) is 4.17. The molecular formula is C20H29N5. The van der Waals surface area contributed by atoms with Crippen molar-refractivity contribution in [3.05, 3.63) is 30.0 Å². The Balaban J connectivity index is 1.78. The van der Waals surface area contributed by atoms with Crippen LogP contribution < -0.4 is 20.9 Å². The number of aromatic nitrogens is 1. The molecule has 2 aromatic rings. The number of nitrogens with zero attached hydrogens (tertiary/aromatic N) is 3. The normalized spacial score (nSPS) is 20.1. The minimum absolute atomic E-state index is 0.340. The summed E-state index contributed by atoms with van der Waals surface area (Å²) in [5.74, 6) is 1.14. The van der Waals surface area contributed by atoms with E-state index in [0.717, 1.165) is 63.6 Å². The monoisotopic (exact) mass is 339 g/mol. The molecule has 0 unspecified atom stereocenters. The maximum atomic E-state index is 6.09. The number of pyridine rings is 1. The largest absolute Gasteiger partial charge is 0.368 e. The Morgan fingerprint density at radius 3 is 2.56 bits per heavy atom. The Labute approximate surface area is 150 Å². The Hall–Kier alpha value is -1.85. The van der Waals surface area contributed by atoms with Crippen molar-refractivity contribution in [1.82, 2.24) is 10.3 Å². The van der Waals surface area contributed by atoms with Gasteiger partial charge in [0.05, 0.1) is 11.4 Å². The molecule has 134 valence electrons. The average molecular weight is 339 g/mol. The summed E-state index contributed by atoms with van der Waals surface area (Å²) in [5.41, 5.74) is 8.55. The van der Waals surface area contributed by atoms with Crippen LogP contribution in [0, 0.1) is 6.92 Å². The molecule has 0 saturated carbocycles. The van der Waals surface area contributed by atoms with E-state index in [1.165, 1.54) is 22.9 Å². The Bertz CT molecular complexity index is 728. The molecule has 5 nitrogen and oxygen atoms in total. The zero-order valence-corrected chi connectivity index (χ0v) is 15.2. The maximum Gasteiger partial charge on any atom is 0.136 e. The van der Waals surface area contributed by atoms with Gasteiger partial charge in [-0.3, -0.25) is 0 Å². The van der Waals surface area contributed by atoms with Crippen LogP contribution in [0.1, 0.15) is 25.0 Å². The first-order valence-corrected chi connectivity index (χ1v) is 9.59. The number of hydrogen-bond donors (Lipinski definition) is 2. The van der Waals surface area contributed by atoms with Crippen molar-refractivity contribution in [3.8, 4) is 0 Å². The summed E-state index contributed by atoms with van der Waals surface area (Å²) in [6, 6.07) is 9.11. The third-order valence-electron chi connectivity index (χ3n) is 5.53. The molecular weight excluding hydrogens is 310 g/mol. The average Bonchev–Trinajstić information content (AvgIpc) is 2.91. The van der Waals surface area contributed by atoms with Gasteiger partial charge in [-0.15, -0.1) is 0 Å². The van der Waals surface area contributed by atoms with Gasteiger partial charge in [0, 0.05) is 49.5 Å². The van der Waals surface area contributed by atoms with Crippen LogP contribution in [0.4, 0.5) is 11.5 Å². The van der Waals surface area contributed by atoms with Crippen LogP contribution in [0.5, 0.6) is 0 Å². The first-order valence-electron chi connectivity index (χ1n) is 9.59. The molecule has 0 spiro atoms. The number of fused-ring (bicyclic) bond motifs is 1. The van der Waals surface area contributed by atoms with Crippen molar-refractivity contribution >= 4 is 22.3 Å². The molecule has 3 heterocycles. The lowest BCUT2D eigenvalue weighted by Crippen LogP contribution is -2.40. The van der Waals surface area contributed by atoms with E-state index < -0.39 is 0 Å². The van der Waals surface area contributed by atoms with Crippen LogP contribution in [-0.4, -0.2) is 50.3 Å². The van der Waals surface area contributed by atoms with E-state index in [1.807, 2.05) is 0 Å². The van der Waals surface area contributed by atoms with Crippen molar-refractivity contribution in [3.63, 3.8) is 0 Å². The molecule has 2 aliphatic rings. The number of anilines is 2. The topological polar surface area (TPSA) is 57.4 Å². The van der Waals surface area contributed by atoms with Crippen LogP contribution in [0.25, 0.3) is 10.8 Å². The van der Waals surface area contributed by atoms with Crippen LogP contribution in [0.15, 0.2) is 24.3 Å². The van der Waals surface area contributed by atoms with Crippen molar-refractivity contribution in [2.75, 3.05) is 49.1 Å². The number of nitrogens with one attached hydrogen (secondary N) is 1. The van der Waals surface area contributed by atoms with Crippen molar-refractivity contribution in [2.24, 2.45) is 5.73 Å². The van der Waals surface area contributed by atoms with Gasteiger partial charge in [-0.25, -0.2) is 4.98 Å². The summed E-state index contributed by atoms with van der Waals surface area (Å²) >= 11 is 0. The molecule has 2 fully saturated rings. The van der Waals surface area contributed by atoms with Gasteiger partial charge in [-0.2, -0.15) is 0 Å². The van der Waals surface area contributed by atoms with Crippen LogP contribution in [0.2, 0.25) is 0 Å². The summed E-state index contributed by atoms with van der Waals surface area (Å²) in [6.07, 6.45) is 3.28. The molecule has 5 heteroatoms. The second-order valence-electron chi connectivity index (χ2n) is 7.33. The second-order valence-corrected chi connectivity index (χ2v) is 7.33. The summed E-state index contributed by atoms with van der Waals surface area (Å²) in [7, 11) is 0. The van der Waals surface area contributed by atoms with Gasteiger partial charge in [0.25, 0.3) is 0 Å². The van der Waals surface area contributed by atoms with Gasteiger partial charge in [0.2, 0.25) is 0 Å². The van der Waals surface area contributed by atoms with E-state index in [-0.39, 0.29) is 0 Å². The molecule has 0 atom stereocenters. The molecule has 3 N–H and O–H groups in total. The molecule has 0 bridgehead atoms. The van der Waals surface area contributed by atoms with E-state index >= 15 is 0 Å². The molecule has 1 aromatic heterocycles. The van der Waals surface area contributed by atoms with E-state index in [2.05, 4.69) is 46.3 Å². The van der Waals surface area contributed by atoms with Gasteiger partial charge in [0.15, 0.2) is 0 Å². The van der Waals surface area contributed by atoms with E-state index in [0.29, 0.717) is 6.04 Å². The molecule has 1 aromatic carbocycles. The van der Waals surface area contributed by atoms with Crippen molar-refractivity contribution < 1.29 is 0 Å². The summed E-state index contributed by atoms with van der Waals surface area (Å²) in [6.45, 7) is 8.46. The Morgan fingerprint density at radius 2 is 1.76 bits per heavy atom. The van der Waals surface area contributed by atoms with Gasteiger partial charge >= 0.3 is 0 Å². The number of benzene rings is 1. The minimum atomic E-state index is 0.340. The van der Waals surface area contributed by atoms with Crippen molar-refractivity contribution in [1.29, 1.82) is 0 Å². The zero-order valence-electron chi connectivity index (χ0n) is 15.2. The predicted molar refractivity (Wildman–Crippen MR) is 106 cm³/mol. The summed E-state index contributed by atoms with van der Waals surface area (Å²) < 4.78 is 0. The van der Waals surface area contributed by atoms with Gasteiger partial charge in [0.1, 0.15) is 5.82 Å². The summed E-state index contributed by atoms with van der Waals surface area (Å²) in [5, 5.41) is 6.11. The zero-order chi connectivity index (χ0) is 17.2. The molecule has 2 saturated heterocycles. The first-order chi connectivity index (χ1) is 12.2. The highest BCUT2D eigenvalue weighted by Gasteiger charge is 2.23. The standard InChI is InChI=1S/C20H29N5/c1-15-19(24-11-4-9-22-10-14-24)17-5-2-3-6-18(17)20(23-15)25-12-7-16(21)8-13-25/h2-3,5-6,16,22H,4,7-14,21H2,1H3. The van der Waals surface area contributed by atoms with Crippen molar-refractivity contribution in [2.45, 2.75) is 32.2 Å². The number of nitrogens with two attached hydrogens (primary N) is 1. The lowest BCUT2D eigenvalue weighted by molar-refractivity contribution is 0.499. The molecule has 2 aliphatic heterocycles. The molecule has 4 rings (SSSR count). The second kappa shape index (κ2) is 7.18. The van der Waals surface area contributed by atoms with Crippen LogP contribution in [-0.2, 0) is 0 Å².